The van der Waals surface area contributed by atoms with E-state index in [0.717, 1.165) is 11.8 Å². The largest absolute Gasteiger partial charge is 0.573 e. The first-order valence-corrected chi connectivity index (χ1v) is 10.9. The maximum atomic E-state index is 12.3. The number of aryl methyl sites for hydroxylation is 1. The van der Waals surface area contributed by atoms with Crippen molar-refractivity contribution in [2.45, 2.75) is 37.5 Å². The van der Waals surface area contributed by atoms with Crippen molar-refractivity contribution in [3.8, 4) is 11.5 Å². The lowest BCUT2D eigenvalue weighted by Gasteiger charge is -2.25. The van der Waals surface area contributed by atoms with Crippen molar-refractivity contribution in [1.29, 1.82) is 0 Å². The standard InChI is InChI=1S/C20H22F3NO6S/c1-19(18(25)24-26,31(2,27)28)11-10-14-6-8-16(9-7-14)29-13-15-4-3-5-17(12-15)30-20(21,22)23/h3-9,12,26H,10-11,13H2,1-2H3,(H,24,25). The summed E-state index contributed by atoms with van der Waals surface area (Å²) in [6.07, 6.45) is -3.66. The number of amides is 1. The third kappa shape index (κ3) is 6.86. The van der Waals surface area contributed by atoms with Crippen molar-refractivity contribution >= 4 is 15.7 Å². The number of nitrogens with one attached hydrogen (secondary N) is 1. The summed E-state index contributed by atoms with van der Waals surface area (Å²) in [6.45, 7) is 1.25. The van der Waals surface area contributed by atoms with Crippen LogP contribution in [0.15, 0.2) is 48.5 Å². The maximum absolute atomic E-state index is 12.3. The van der Waals surface area contributed by atoms with E-state index in [-0.39, 0.29) is 25.2 Å². The Morgan fingerprint density at radius 1 is 1.06 bits per heavy atom. The average Bonchev–Trinajstić information content (AvgIpc) is 2.68. The molecular weight excluding hydrogens is 439 g/mol. The van der Waals surface area contributed by atoms with Gasteiger partial charge < -0.3 is 9.47 Å². The first-order chi connectivity index (χ1) is 14.3. The molecule has 2 aromatic carbocycles. The topological polar surface area (TPSA) is 102 Å². The molecule has 1 amide bonds. The molecule has 0 aliphatic rings. The smallest absolute Gasteiger partial charge is 0.489 e. The van der Waals surface area contributed by atoms with E-state index < -0.39 is 26.9 Å². The van der Waals surface area contributed by atoms with Crippen LogP contribution in [0.2, 0.25) is 0 Å². The van der Waals surface area contributed by atoms with Crippen molar-refractivity contribution in [2.75, 3.05) is 6.26 Å². The molecule has 0 aliphatic carbocycles. The minimum atomic E-state index is -4.78. The van der Waals surface area contributed by atoms with Gasteiger partial charge in [0.15, 0.2) is 9.84 Å². The van der Waals surface area contributed by atoms with Gasteiger partial charge in [-0.15, -0.1) is 13.2 Å². The van der Waals surface area contributed by atoms with Crippen LogP contribution < -0.4 is 15.0 Å². The van der Waals surface area contributed by atoms with Crippen molar-refractivity contribution in [2.24, 2.45) is 0 Å². The summed E-state index contributed by atoms with van der Waals surface area (Å²) >= 11 is 0. The molecule has 2 aromatic rings. The first-order valence-electron chi connectivity index (χ1n) is 9.04. The second-order valence-electron chi connectivity index (χ2n) is 7.07. The van der Waals surface area contributed by atoms with E-state index in [2.05, 4.69) is 4.74 Å². The van der Waals surface area contributed by atoms with Gasteiger partial charge in [0.1, 0.15) is 22.9 Å². The van der Waals surface area contributed by atoms with Crippen LogP contribution in [0.5, 0.6) is 11.5 Å². The van der Waals surface area contributed by atoms with Crippen LogP contribution in [0.4, 0.5) is 13.2 Å². The molecule has 0 spiro atoms. The summed E-state index contributed by atoms with van der Waals surface area (Å²) in [7, 11) is -3.79. The number of carbonyl (C=O) groups excluding carboxylic acids is 1. The Hall–Kier alpha value is -2.79. The van der Waals surface area contributed by atoms with Crippen LogP contribution >= 0.6 is 0 Å². The molecule has 31 heavy (non-hydrogen) atoms. The van der Waals surface area contributed by atoms with E-state index in [1.807, 2.05) is 0 Å². The third-order valence-corrected chi connectivity index (χ3v) is 6.78. The molecule has 1 atom stereocenters. The van der Waals surface area contributed by atoms with Gasteiger partial charge in [-0.3, -0.25) is 10.0 Å². The first kappa shape index (κ1) is 24.5. The number of carbonyl (C=O) groups is 1. The van der Waals surface area contributed by atoms with Crippen LogP contribution in [0.1, 0.15) is 24.5 Å². The van der Waals surface area contributed by atoms with Gasteiger partial charge in [-0.2, -0.15) is 0 Å². The fourth-order valence-electron chi connectivity index (χ4n) is 2.72. The number of halogens is 3. The molecule has 0 aromatic heterocycles. The SMILES string of the molecule is CC(CCc1ccc(OCc2cccc(OC(F)(F)F)c2)cc1)(C(=O)NO)S(C)(=O)=O. The van der Waals surface area contributed by atoms with Crippen LogP contribution in [-0.4, -0.2) is 36.9 Å². The lowest BCUT2D eigenvalue weighted by Crippen LogP contribution is -2.49. The summed E-state index contributed by atoms with van der Waals surface area (Å²) < 4.78 is 68.5. The average molecular weight is 461 g/mol. The van der Waals surface area contributed by atoms with Crippen LogP contribution in [0.3, 0.4) is 0 Å². The van der Waals surface area contributed by atoms with Crippen LogP contribution in [0, 0.1) is 0 Å². The van der Waals surface area contributed by atoms with Crippen molar-refractivity contribution < 1.29 is 41.1 Å². The predicted octanol–water partition coefficient (Wildman–Crippen LogP) is 3.41. The van der Waals surface area contributed by atoms with E-state index in [4.69, 9.17) is 9.94 Å². The highest BCUT2D eigenvalue weighted by atomic mass is 32.2. The predicted molar refractivity (Wildman–Crippen MR) is 105 cm³/mol. The van der Waals surface area contributed by atoms with Gasteiger partial charge in [-0.1, -0.05) is 24.3 Å². The highest BCUT2D eigenvalue weighted by Crippen LogP contribution is 2.26. The number of hydroxylamine groups is 1. The number of rotatable bonds is 9. The summed E-state index contributed by atoms with van der Waals surface area (Å²) in [6, 6.07) is 12.0. The number of alkyl halides is 3. The molecule has 0 radical (unpaired) electrons. The zero-order chi connectivity index (χ0) is 23.3. The molecule has 0 fully saturated rings. The molecule has 0 heterocycles. The number of hydrogen-bond donors (Lipinski definition) is 2. The third-order valence-electron chi connectivity index (χ3n) is 4.75. The van der Waals surface area contributed by atoms with Gasteiger partial charge in [0.25, 0.3) is 5.91 Å². The monoisotopic (exact) mass is 461 g/mol. The number of benzene rings is 2. The maximum Gasteiger partial charge on any atom is 0.573 e. The molecular formula is C20H22F3NO6S. The summed E-state index contributed by atoms with van der Waals surface area (Å²) in [5, 5.41) is 8.85. The molecule has 2 rings (SSSR count). The Balaban J connectivity index is 1.98. The highest BCUT2D eigenvalue weighted by molar-refractivity contribution is 7.92. The van der Waals surface area contributed by atoms with Gasteiger partial charge in [0, 0.05) is 6.26 Å². The van der Waals surface area contributed by atoms with Gasteiger partial charge in [-0.25, -0.2) is 13.9 Å². The number of ether oxygens (including phenoxy) is 2. The van der Waals surface area contributed by atoms with Gasteiger partial charge in [-0.05, 0) is 55.2 Å². The lowest BCUT2D eigenvalue weighted by molar-refractivity contribution is -0.274. The Labute approximate surface area is 177 Å². The Kier molecular flexibility index (Phi) is 7.55. The molecule has 0 bridgehead atoms. The zero-order valence-electron chi connectivity index (χ0n) is 16.8. The van der Waals surface area contributed by atoms with Crippen molar-refractivity contribution in [3.63, 3.8) is 0 Å². The minimum Gasteiger partial charge on any atom is -0.489 e. The molecule has 170 valence electrons. The molecule has 1 unspecified atom stereocenters. The summed E-state index contributed by atoms with van der Waals surface area (Å²) in [5.74, 6) is -0.902. The van der Waals surface area contributed by atoms with Gasteiger partial charge >= 0.3 is 6.36 Å². The fourth-order valence-corrected chi connectivity index (χ4v) is 3.58. The second-order valence-corrected chi connectivity index (χ2v) is 9.52. The molecule has 0 aliphatic heterocycles. The van der Waals surface area contributed by atoms with Crippen LogP contribution in [0.25, 0.3) is 0 Å². The zero-order valence-corrected chi connectivity index (χ0v) is 17.6. The quantitative estimate of drug-likeness (QED) is 0.438. The van der Waals surface area contributed by atoms with E-state index in [1.54, 1.807) is 30.3 Å². The molecule has 2 N–H and O–H groups in total. The van der Waals surface area contributed by atoms with Crippen molar-refractivity contribution in [1.82, 2.24) is 5.48 Å². The van der Waals surface area contributed by atoms with E-state index in [0.29, 0.717) is 11.3 Å². The molecule has 7 nitrogen and oxygen atoms in total. The van der Waals surface area contributed by atoms with Gasteiger partial charge in [0.05, 0.1) is 0 Å². The van der Waals surface area contributed by atoms with Crippen molar-refractivity contribution in [3.05, 3.63) is 59.7 Å². The molecule has 0 saturated carbocycles. The highest BCUT2D eigenvalue weighted by Gasteiger charge is 2.43. The Morgan fingerprint density at radius 3 is 2.26 bits per heavy atom. The Morgan fingerprint density at radius 2 is 1.71 bits per heavy atom. The minimum absolute atomic E-state index is 0.0111. The summed E-state index contributed by atoms with van der Waals surface area (Å²) in [4.78, 5) is 11.8. The summed E-state index contributed by atoms with van der Waals surface area (Å²) in [5.41, 5.74) is 2.60. The number of hydrogen-bond acceptors (Lipinski definition) is 6. The van der Waals surface area contributed by atoms with Crippen LogP contribution in [-0.2, 0) is 27.7 Å². The van der Waals surface area contributed by atoms with Gasteiger partial charge in [0.2, 0.25) is 0 Å². The molecule has 11 heteroatoms. The second kappa shape index (κ2) is 9.56. The van der Waals surface area contributed by atoms with E-state index in [9.17, 15) is 26.4 Å². The number of sulfone groups is 1. The molecule has 0 saturated heterocycles. The Bertz CT molecular complexity index is 1010. The normalized spacial score (nSPS) is 13.9. The van der Waals surface area contributed by atoms with E-state index >= 15 is 0 Å². The fraction of sp³-hybridized carbons (Fsp3) is 0.350. The lowest BCUT2D eigenvalue weighted by atomic mass is 9.99. The van der Waals surface area contributed by atoms with E-state index in [1.165, 1.54) is 30.6 Å².